The number of thiocyanates is 1. The number of carbonyl (C=O) groups excluding carboxylic acids is 6. The molecule has 0 saturated carbocycles. The zero-order valence-electron chi connectivity index (χ0n) is 43.8. The second-order valence-corrected chi connectivity index (χ2v) is 18.8. The molecule has 4 amide bonds. The Morgan fingerprint density at radius 2 is 1.14 bits per heavy atom. The molecule has 6 heterocycles. The van der Waals surface area contributed by atoms with Crippen molar-refractivity contribution >= 4 is 104 Å². The van der Waals surface area contributed by atoms with Gasteiger partial charge in [0.05, 0.1) is 80.3 Å². The SMILES string of the molecule is CC(C)(C)OC(=O)n1ncc2cc(SC#N)ccc21.Cn1cc(C(=O)Nc2cncc(C(=O)NN)n2)cn1.Cn1cc(C(=O)Nc2cncc(C(=O)NNC(=S)Nc3ccc4c(cnn4C(=O)OC(C)(C)C)c3)n2)cn1.[2H]CF. The Hall–Kier alpha value is -9.80. The van der Waals surface area contributed by atoms with Gasteiger partial charge < -0.3 is 25.4 Å². The third kappa shape index (κ3) is 17.1. The number of aromatic nitrogens is 12. The van der Waals surface area contributed by atoms with Crippen LogP contribution < -0.4 is 38.1 Å². The van der Waals surface area contributed by atoms with Gasteiger partial charge in [-0.2, -0.15) is 35.0 Å². The smallest absolute Gasteiger partial charge is 0.435 e. The number of nitrogens with two attached hydrogens (primary N) is 1. The molecule has 0 aliphatic carbocycles. The molecule has 0 unspecified atom stereocenters. The number of hydrazine groups is 2. The highest BCUT2D eigenvalue weighted by Gasteiger charge is 2.22. The van der Waals surface area contributed by atoms with Gasteiger partial charge in [0.2, 0.25) is 0 Å². The largest absolute Gasteiger partial charge is 0.442 e. The van der Waals surface area contributed by atoms with Crippen molar-refractivity contribution in [3.63, 3.8) is 0 Å². The van der Waals surface area contributed by atoms with Gasteiger partial charge in [-0.15, -0.1) is 0 Å². The molecule has 8 rings (SSSR count). The third-order valence-electron chi connectivity index (χ3n) is 9.23. The molecule has 8 N–H and O–H groups in total. The number of alkyl halides is 1. The van der Waals surface area contributed by atoms with Crippen LogP contribution in [0.2, 0.25) is 0 Å². The van der Waals surface area contributed by atoms with Crippen molar-refractivity contribution in [1.29, 1.82) is 5.26 Å². The van der Waals surface area contributed by atoms with Crippen LogP contribution in [0.5, 0.6) is 0 Å². The van der Waals surface area contributed by atoms with Gasteiger partial charge in [0, 0.05) is 47.8 Å². The minimum Gasteiger partial charge on any atom is -0.442 e. The Morgan fingerprint density at radius 1 is 0.667 bits per heavy atom. The minimum atomic E-state index is -1.00. The van der Waals surface area contributed by atoms with E-state index in [-0.39, 0.29) is 28.1 Å². The van der Waals surface area contributed by atoms with E-state index in [9.17, 15) is 33.2 Å². The molecule has 28 nitrogen and oxygen atoms in total. The number of nitriles is 1. The molecule has 0 bridgehead atoms. The highest BCUT2D eigenvalue weighted by atomic mass is 32.2. The number of nitrogens with zero attached hydrogens (tertiary/aromatic N) is 13. The van der Waals surface area contributed by atoms with Crippen molar-refractivity contribution < 1.29 is 44.0 Å². The highest BCUT2D eigenvalue weighted by molar-refractivity contribution is 8.03. The normalized spacial score (nSPS) is 10.8. The lowest BCUT2D eigenvalue weighted by Gasteiger charge is -2.19. The van der Waals surface area contributed by atoms with E-state index in [0.717, 1.165) is 22.0 Å². The molecule has 0 saturated heterocycles. The van der Waals surface area contributed by atoms with Crippen LogP contribution >= 0.6 is 24.0 Å². The summed E-state index contributed by atoms with van der Waals surface area (Å²) in [4.78, 5) is 88.7. The zero-order chi connectivity index (χ0) is 58.0. The van der Waals surface area contributed by atoms with Crippen molar-refractivity contribution in [3.05, 3.63) is 121 Å². The lowest BCUT2D eigenvalue weighted by Crippen LogP contribution is -2.44. The highest BCUT2D eigenvalue weighted by Crippen LogP contribution is 2.24. The van der Waals surface area contributed by atoms with E-state index in [1.165, 1.54) is 62.1 Å². The van der Waals surface area contributed by atoms with Crippen LogP contribution in [0.25, 0.3) is 21.8 Å². The molecular weight excluding hydrogens is 1060 g/mol. The van der Waals surface area contributed by atoms with Crippen LogP contribution in [0, 0.1) is 10.7 Å². The molecule has 0 aliphatic heterocycles. The van der Waals surface area contributed by atoms with Crippen molar-refractivity contribution in [3.8, 4) is 5.40 Å². The minimum absolute atomic E-state index is 0.00601. The van der Waals surface area contributed by atoms with Crippen LogP contribution in [-0.4, -0.2) is 118 Å². The molecule has 31 heteroatoms. The number of benzene rings is 2. The molecule has 0 spiro atoms. The number of rotatable bonds is 8. The Kier molecular flexibility index (Phi) is 19.6. The summed E-state index contributed by atoms with van der Waals surface area (Å²) >= 11 is 6.31. The van der Waals surface area contributed by atoms with Crippen molar-refractivity contribution in [2.24, 2.45) is 19.9 Å². The molecule has 6 aromatic heterocycles. The average Bonchev–Trinajstić information content (AvgIpc) is 4.27. The Balaban J connectivity index is 0.000000234. The van der Waals surface area contributed by atoms with Gasteiger partial charge in [0.1, 0.15) is 22.3 Å². The van der Waals surface area contributed by atoms with Gasteiger partial charge in [-0.25, -0.2) is 25.4 Å². The maximum absolute atomic E-state index is 12.5. The second-order valence-electron chi connectivity index (χ2n) is 17.6. The molecule has 0 atom stereocenters. The molecule has 0 fully saturated rings. The van der Waals surface area contributed by atoms with E-state index in [0.29, 0.717) is 33.2 Å². The van der Waals surface area contributed by atoms with Gasteiger partial charge in [-0.3, -0.25) is 59.2 Å². The van der Waals surface area contributed by atoms with Crippen LogP contribution in [0.15, 0.2) is 103 Å². The predicted molar refractivity (Wildman–Crippen MR) is 286 cm³/mol. The first-order valence-electron chi connectivity index (χ1n) is 23.1. The Morgan fingerprint density at radius 3 is 1.59 bits per heavy atom. The number of fused-ring (bicyclic) bond motifs is 2. The van der Waals surface area contributed by atoms with Crippen molar-refractivity contribution in [1.82, 2.24) is 75.3 Å². The van der Waals surface area contributed by atoms with E-state index in [4.69, 9.17) is 34.2 Å². The van der Waals surface area contributed by atoms with Crippen LogP contribution in [0.3, 0.4) is 0 Å². The number of ether oxygens (including phenoxy) is 2. The van der Waals surface area contributed by atoms with E-state index < -0.39 is 54.2 Å². The number of nitrogen functional groups attached to an aromatic ring is 1. The van der Waals surface area contributed by atoms with Gasteiger partial charge in [0.25, 0.3) is 23.6 Å². The lowest BCUT2D eigenvalue weighted by molar-refractivity contribution is 0.0511. The Labute approximate surface area is 454 Å². The van der Waals surface area contributed by atoms with E-state index >= 15 is 0 Å². The maximum atomic E-state index is 12.5. The quantitative estimate of drug-likeness (QED) is 0.0254. The fourth-order valence-electron chi connectivity index (χ4n) is 6.08. The standard InChI is InChI=1S/C23H24N10O4S.C13H13N3O2S.C10H11N7O2.CH3F/c1-23(2,3)37-22(36)33-17-6-5-15(7-13(17)8-26-33)27-21(38)31-30-20(35)16-10-24-11-18(28-16)29-19(34)14-9-25-32(4)12-14;1-13(2,3)18-12(17)16-11-5-4-10(19-8-14)6-9(11)7-15-16;1-17-5-6(2-13-17)9(18)15-8-4-12-3-7(14-8)10(19)16-11;1-2/h5-12H,1-4H3,(H,30,35)(H2,27,31,38)(H,28,29,34);4-7H,1-3H3;2-5H,11H2,1H3,(H,16,19)(H,14,15,18);1H3/i;;;1D. The average molecular weight is 1110 g/mol. The van der Waals surface area contributed by atoms with Gasteiger partial charge in [-0.05, 0) is 102 Å². The van der Waals surface area contributed by atoms with Gasteiger partial charge >= 0.3 is 12.2 Å². The number of amides is 4. The first-order chi connectivity index (χ1) is 37.4. The van der Waals surface area contributed by atoms with Crippen LogP contribution in [-0.2, 0) is 23.6 Å². The van der Waals surface area contributed by atoms with Crippen molar-refractivity contribution in [2.45, 2.75) is 57.6 Å². The monoisotopic (exact) mass is 1110 g/mol. The van der Waals surface area contributed by atoms with Gasteiger partial charge in [0.15, 0.2) is 22.4 Å². The van der Waals surface area contributed by atoms with Crippen LogP contribution in [0.4, 0.5) is 31.3 Å². The number of anilines is 3. The summed E-state index contributed by atoms with van der Waals surface area (Å²) in [5.74, 6) is 3.16. The number of hydrogen-bond donors (Lipinski definition) is 7. The summed E-state index contributed by atoms with van der Waals surface area (Å²) in [6, 6.07) is 10.5. The summed E-state index contributed by atoms with van der Waals surface area (Å²) in [6.45, 7) is 10.7. The van der Waals surface area contributed by atoms with Crippen molar-refractivity contribution in [2.75, 3.05) is 23.1 Å². The predicted octanol–water partition coefficient (Wildman–Crippen LogP) is 5.27. The summed E-state index contributed by atoms with van der Waals surface area (Å²) in [5.41, 5.74) is 8.17. The molecule has 0 aliphatic rings. The fraction of sp³-hybridized carbons (Fsp3) is 0.234. The second kappa shape index (κ2) is 26.6. The summed E-state index contributed by atoms with van der Waals surface area (Å²) in [5, 5.41) is 36.1. The molecule has 2 aromatic carbocycles. The summed E-state index contributed by atoms with van der Waals surface area (Å²) in [6.07, 6.45) is 13.0. The molecule has 78 heavy (non-hydrogen) atoms. The molecule has 0 radical (unpaired) electrons. The number of halogens is 1. The van der Waals surface area contributed by atoms with E-state index in [1.807, 2.05) is 16.9 Å². The number of hydrogen-bond acceptors (Lipinski definition) is 20. The number of thiocarbonyl (C=S) groups is 1. The fourth-order valence-corrected chi connectivity index (χ4v) is 6.67. The number of aryl methyl sites for hydroxylation is 2. The number of nitrogens with one attached hydrogen (secondary N) is 6. The summed E-state index contributed by atoms with van der Waals surface area (Å²) in [7, 11) is 2.38. The number of thioether (sulfide) groups is 1. The lowest BCUT2D eigenvalue weighted by atomic mass is 10.2. The molecule has 406 valence electrons. The topological polar surface area (TPSA) is 366 Å². The maximum Gasteiger partial charge on any atom is 0.435 e. The van der Waals surface area contributed by atoms with Crippen LogP contribution in [0.1, 0.15) is 84.6 Å². The Bertz CT molecular complexity index is 3550. The molecule has 8 aromatic rings. The third-order valence-corrected chi connectivity index (χ3v) is 10.0. The van der Waals surface area contributed by atoms with Gasteiger partial charge in [-0.1, -0.05) is 0 Å². The summed E-state index contributed by atoms with van der Waals surface area (Å²) < 4.78 is 31.5. The first kappa shape index (κ1) is 57.5. The first-order valence-corrected chi connectivity index (χ1v) is 23.6. The van der Waals surface area contributed by atoms with E-state index in [1.54, 1.807) is 105 Å². The van der Waals surface area contributed by atoms with E-state index in [2.05, 4.69) is 67.1 Å². The number of carbonyl (C=O) groups is 6. The zero-order valence-corrected chi connectivity index (χ0v) is 44.4. The molecular formula is C47H51FN20O8S2.